The Labute approximate surface area is 90.8 Å². The van der Waals surface area contributed by atoms with Crippen LogP contribution in [0.25, 0.3) is 0 Å². The lowest BCUT2D eigenvalue weighted by molar-refractivity contribution is -0.136. The van der Waals surface area contributed by atoms with Gasteiger partial charge in [-0.15, -0.1) is 0 Å². The van der Waals surface area contributed by atoms with E-state index in [1.807, 2.05) is 0 Å². The molecule has 0 radical (unpaired) electrons. The van der Waals surface area contributed by atoms with Gasteiger partial charge in [0.25, 0.3) is 0 Å². The number of hydrogen-bond donors (Lipinski definition) is 3. The lowest BCUT2D eigenvalue weighted by Crippen LogP contribution is -2.58. The van der Waals surface area contributed by atoms with Crippen molar-refractivity contribution in [3.05, 3.63) is 0 Å². The fourth-order valence-electron chi connectivity index (χ4n) is 2.02. The molecule has 2 unspecified atom stereocenters. The summed E-state index contributed by atoms with van der Waals surface area (Å²) < 4.78 is 0. The van der Waals surface area contributed by atoms with Crippen molar-refractivity contribution in [2.75, 3.05) is 26.2 Å². The summed E-state index contributed by atoms with van der Waals surface area (Å²) in [5.41, 5.74) is 0. The van der Waals surface area contributed by atoms with Gasteiger partial charge in [0.2, 0.25) is 0 Å². The molecule has 3 N–H and O–H groups in total. The molecule has 1 saturated heterocycles. The van der Waals surface area contributed by atoms with E-state index in [4.69, 9.17) is 5.11 Å². The number of rotatable bonds is 5. The van der Waals surface area contributed by atoms with Crippen LogP contribution in [0.15, 0.2) is 0 Å². The Hall–Kier alpha value is -0.650. The summed E-state index contributed by atoms with van der Waals surface area (Å²) in [5, 5.41) is 15.0. The summed E-state index contributed by atoms with van der Waals surface area (Å²) in [6.45, 7) is 7.22. The number of piperazine rings is 1. The Bertz CT molecular complexity index is 211. The van der Waals surface area contributed by atoms with Gasteiger partial charge in [-0.25, -0.2) is 0 Å². The fourth-order valence-corrected chi connectivity index (χ4v) is 2.02. The lowest BCUT2D eigenvalue weighted by Gasteiger charge is -2.39. The average molecular weight is 215 g/mol. The number of carbonyl (C=O) groups is 1. The minimum absolute atomic E-state index is 0.0369. The Morgan fingerprint density at radius 1 is 1.73 bits per heavy atom. The molecule has 15 heavy (non-hydrogen) atoms. The molecule has 1 aliphatic rings. The second-order valence-corrected chi connectivity index (χ2v) is 3.99. The Morgan fingerprint density at radius 3 is 3.00 bits per heavy atom. The van der Waals surface area contributed by atoms with E-state index >= 15 is 0 Å². The summed E-state index contributed by atoms with van der Waals surface area (Å²) in [7, 11) is 0. The average Bonchev–Trinajstić information content (AvgIpc) is 2.21. The second kappa shape index (κ2) is 6.05. The quantitative estimate of drug-likeness (QED) is 0.587. The van der Waals surface area contributed by atoms with Crippen LogP contribution in [-0.4, -0.2) is 54.4 Å². The van der Waals surface area contributed by atoms with Gasteiger partial charge in [0.15, 0.2) is 0 Å². The molecule has 5 nitrogen and oxygen atoms in total. The van der Waals surface area contributed by atoms with Crippen molar-refractivity contribution in [3.63, 3.8) is 0 Å². The zero-order valence-electron chi connectivity index (χ0n) is 9.49. The van der Waals surface area contributed by atoms with Gasteiger partial charge >= 0.3 is 5.97 Å². The fraction of sp³-hybridized carbons (Fsp3) is 0.900. The predicted molar refractivity (Wildman–Crippen MR) is 58.8 cm³/mol. The van der Waals surface area contributed by atoms with Crippen LogP contribution in [0.1, 0.15) is 20.3 Å². The third kappa shape index (κ3) is 3.77. The van der Waals surface area contributed by atoms with E-state index < -0.39 is 5.97 Å². The van der Waals surface area contributed by atoms with E-state index in [1.165, 1.54) is 0 Å². The van der Waals surface area contributed by atoms with Crippen molar-refractivity contribution in [2.24, 2.45) is 0 Å². The van der Waals surface area contributed by atoms with E-state index in [1.54, 1.807) is 0 Å². The molecular formula is C10H21N3O2. The minimum Gasteiger partial charge on any atom is -0.480 e. The van der Waals surface area contributed by atoms with Crippen molar-refractivity contribution in [3.8, 4) is 0 Å². The lowest BCUT2D eigenvalue weighted by atomic mass is 10.2. The topological polar surface area (TPSA) is 64.6 Å². The summed E-state index contributed by atoms with van der Waals surface area (Å²) in [6.07, 6.45) is 1.11. The van der Waals surface area contributed by atoms with Crippen LogP contribution in [0.4, 0.5) is 0 Å². The van der Waals surface area contributed by atoms with Gasteiger partial charge in [0, 0.05) is 25.7 Å². The van der Waals surface area contributed by atoms with Crippen molar-refractivity contribution < 1.29 is 9.90 Å². The van der Waals surface area contributed by atoms with Gasteiger partial charge in [0.1, 0.15) is 0 Å². The van der Waals surface area contributed by atoms with Crippen LogP contribution in [0, 0.1) is 0 Å². The first-order valence-corrected chi connectivity index (χ1v) is 5.56. The zero-order valence-corrected chi connectivity index (χ0v) is 9.49. The number of aliphatic carboxylic acids is 1. The molecule has 1 heterocycles. The van der Waals surface area contributed by atoms with Crippen molar-refractivity contribution in [1.82, 2.24) is 15.5 Å². The Morgan fingerprint density at radius 2 is 2.47 bits per heavy atom. The first-order valence-electron chi connectivity index (χ1n) is 5.56. The predicted octanol–water partition coefficient (Wildman–Crippen LogP) is -0.310. The van der Waals surface area contributed by atoms with Crippen LogP contribution in [-0.2, 0) is 4.79 Å². The smallest absolute Gasteiger partial charge is 0.317 e. The number of hydrogen-bond acceptors (Lipinski definition) is 4. The first kappa shape index (κ1) is 12.4. The van der Waals surface area contributed by atoms with Crippen LogP contribution in [0.3, 0.4) is 0 Å². The Balaban J connectivity index is 2.44. The minimum atomic E-state index is -0.795. The van der Waals surface area contributed by atoms with E-state index in [2.05, 4.69) is 29.4 Å². The summed E-state index contributed by atoms with van der Waals surface area (Å²) >= 11 is 0. The summed E-state index contributed by atoms with van der Waals surface area (Å²) in [5.74, 6) is -0.795. The molecule has 2 atom stereocenters. The van der Waals surface area contributed by atoms with E-state index in [-0.39, 0.29) is 12.7 Å². The maximum atomic E-state index is 10.5. The van der Waals surface area contributed by atoms with Crippen molar-refractivity contribution >= 4 is 5.97 Å². The molecule has 0 aromatic rings. The van der Waals surface area contributed by atoms with Gasteiger partial charge in [-0.2, -0.15) is 0 Å². The highest BCUT2D eigenvalue weighted by Gasteiger charge is 2.24. The highest BCUT2D eigenvalue weighted by molar-refractivity contribution is 5.69. The largest absolute Gasteiger partial charge is 0.480 e. The molecule has 88 valence electrons. The molecule has 0 spiro atoms. The second-order valence-electron chi connectivity index (χ2n) is 3.99. The normalized spacial score (nSPS) is 25.1. The maximum Gasteiger partial charge on any atom is 0.317 e. The Kier molecular flexibility index (Phi) is 5.01. The highest BCUT2D eigenvalue weighted by Crippen LogP contribution is 2.08. The molecule has 5 heteroatoms. The standard InChI is InChI=1S/C10H21N3O2/c1-3-9(12-7-10(14)15)13-5-4-11-6-8(13)2/h8-9,11-12H,3-7H2,1-2H3,(H,14,15). The molecule has 1 fully saturated rings. The van der Waals surface area contributed by atoms with Gasteiger partial charge < -0.3 is 10.4 Å². The van der Waals surface area contributed by atoms with Crippen molar-refractivity contribution in [1.29, 1.82) is 0 Å². The molecule has 0 saturated carbocycles. The summed E-state index contributed by atoms with van der Waals surface area (Å²) in [6, 6.07) is 0.463. The third-order valence-corrected chi connectivity index (χ3v) is 2.83. The van der Waals surface area contributed by atoms with E-state index in [0.717, 1.165) is 26.1 Å². The molecule has 1 aliphatic heterocycles. The number of nitrogens with zero attached hydrogens (tertiary/aromatic N) is 1. The van der Waals surface area contributed by atoms with Gasteiger partial charge in [0.05, 0.1) is 12.7 Å². The van der Waals surface area contributed by atoms with Gasteiger partial charge in [-0.05, 0) is 13.3 Å². The number of carboxylic acids is 1. The first-order chi connectivity index (χ1) is 7.15. The van der Waals surface area contributed by atoms with E-state index in [9.17, 15) is 4.79 Å². The maximum absolute atomic E-state index is 10.5. The van der Waals surface area contributed by atoms with Gasteiger partial charge in [-0.1, -0.05) is 6.92 Å². The van der Waals surface area contributed by atoms with Crippen molar-refractivity contribution in [2.45, 2.75) is 32.5 Å². The molecule has 0 aromatic heterocycles. The van der Waals surface area contributed by atoms with E-state index in [0.29, 0.717) is 6.04 Å². The summed E-state index contributed by atoms with van der Waals surface area (Å²) in [4.78, 5) is 12.8. The van der Waals surface area contributed by atoms with Crippen LogP contribution >= 0.6 is 0 Å². The monoisotopic (exact) mass is 215 g/mol. The molecule has 0 amide bonds. The molecule has 0 aromatic carbocycles. The third-order valence-electron chi connectivity index (χ3n) is 2.83. The molecule has 0 bridgehead atoms. The SMILES string of the molecule is CCC(NCC(=O)O)N1CCNCC1C. The van der Waals surface area contributed by atoms with Gasteiger partial charge in [-0.3, -0.25) is 15.0 Å². The highest BCUT2D eigenvalue weighted by atomic mass is 16.4. The number of nitrogens with one attached hydrogen (secondary N) is 2. The van der Waals surface area contributed by atoms with Crippen LogP contribution < -0.4 is 10.6 Å². The van der Waals surface area contributed by atoms with Crippen LogP contribution in [0.5, 0.6) is 0 Å². The molecule has 0 aliphatic carbocycles. The zero-order chi connectivity index (χ0) is 11.3. The van der Waals surface area contributed by atoms with Crippen LogP contribution in [0.2, 0.25) is 0 Å². The molecule has 1 rings (SSSR count). The molecular weight excluding hydrogens is 194 g/mol. The number of carboxylic acid groups (broad SMARTS) is 1.